The lowest BCUT2D eigenvalue weighted by molar-refractivity contribution is -0.130. The molecular formula is C17H20N2OS. The van der Waals surface area contributed by atoms with Crippen molar-refractivity contribution in [2.45, 2.75) is 17.1 Å². The monoisotopic (exact) mass is 300 g/mol. The van der Waals surface area contributed by atoms with E-state index in [1.54, 1.807) is 11.8 Å². The highest BCUT2D eigenvalue weighted by atomic mass is 32.2. The summed E-state index contributed by atoms with van der Waals surface area (Å²) in [4.78, 5) is 15.6. The Morgan fingerprint density at radius 2 is 1.86 bits per heavy atom. The summed E-state index contributed by atoms with van der Waals surface area (Å²) in [6.45, 7) is 5.45. The second kappa shape index (κ2) is 6.50. The minimum Gasteiger partial charge on any atom is -0.339 e. The van der Waals surface area contributed by atoms with Gasteiger partial charge in [-0.3, -0.25) is 4.79 Å². The first-order chi connectivity index (χ1) is 10.2. The lowest BCUT2D eigenvalue weighted by Gasteiger charge is -2.29. The van der Waals surface area contributed by atoms with E-state index in [0.717, 1.165) is 31.1 Å². The molecule has 1 N–H and O–H groups in total. The van der Waals surface area contributed by atoms with Crippen molar-refractivity contribution in [1.82, 2.24) is 10.2 Å². The molecule has 1 aliphatic rings. The van der Waals surface area contributed by atoms with Crippen molar-refractivity contribution < 1.29 is 4.79 Å². The fourth-order valence-corrected chi connectivity index (χ4v) is 3.64. The minimum atomic E-state index is -0.0377. The summed E-state index contributed by atoms with van der Waals surface area (Å²) in [7, 11) is 0. The number of hydrogen-bond donors (Lipinski definition) is 1. The second-order valence-electron chi connectivity index (χ2n) is 5.34. The van der Waals surface area contributed by atoms with Gasteiger partial charge >= 0.3 is 0 Å². The van der Waals surface area contributed by atoms with Crippen LogP contribution in [0.5, 0.6) is 0 Å². The molecule has 3 nitrogen and oxygen atoms in total. The van der Waals surface area contributed by atoms with Crippen LogP contribution in [0, 0.1) is 0 Å². The number of amides is 1. The summed E-state index contributed by atoms with van der Waals surface area (Å²) < 4.78 is 0. The molecule has 21 heavy (non-hydrogen) atoms. The van der Waals surface area contributed by atoms with E-state index >= 15 is 0 Å². The van der Waals surface area contributed by atoms with Gasteiger partial charge in [-0.25, -0.2) is 0 Å². The third-order valence-corrected chi connectivity index (χ3v) is 4.89. The van der Waals surface area contributed by atoms with Gasteiger partial charge in [0.2, 0.25) is 5.91 Å². The van der Waals surface area contributed by atoms with Crippen molar-refractivity contribution in [3.8, 4) is 0 Å². The Balaban J connectivity index is 1.70. The lowest BCUT2D eigenvalue weighted by atomic mass is 10.1. The number of piperazine rings is 1. The van der Waals surface area contributed by atoms with Crippen molar-refractivity contribution in [3.05, 3.63) is 42.5 Å². The maximum Gasteiger partial charge on any atom is 0.235 e. The fraction of sp³-hybridized carbons (Fsp3) is 0.353. The third-order valence-electron chi connectivity index (χ3n) is 3.81. The molecule has 0 aromatic heterocycles. The van der Waals surface area contributed by atoms with Crippen LogP contribution in [-0.2, 0) is 4.79 Å². The number of carbonyl (C=O) groups is 1. The van der Waals surface area contributed by atoms with Crippen LogP contribution < -0.4 is 5.32 Å². The van der Waals surface area contributed by atoms with Gasteiger partial charge in [0.25, 0.3) is 0 Å². The molecular weight excluding hydrogens is 280 g/mol. The first-order valence-electron chi connectivity index (χ1n) is 7.39. The molecule has 2 aromatic rings. The van der Waals surface area contributed by atoms with Crippen LogP contribution in [0.1, 0.15) is 6.92 Å². The van der Waals surface area contributed by atoms with Crippen molar-refractivity contribution in [2.24, 2.45) is 0 Å². The predicted molar refractivity (Wildman–Crippen MR) is 88.7 cm³/mol. The number of nitrogens with zero attached hydrogens (tertiary/aromatic N) is 1. The number of thioether (sulfide) groups is 1. The fourth-order valence-electron chi connectivity index (χ4n) is 2.64. The van der Waals surface area contributed by atoms with Gasteiger partial charge in [-0.1, -0.05) is 30.3 Å². The van der Waals surface area contributed by atoms with Gasteiger partial charge in [-0.05, 0) is 29.8 Å². The third kappa shape index (κ3) is 3.39. The molecule has 0 spiro atoms. The molecule has 110 valence electrons. The van der Waals surface area contributed by atoms with Gasteiger partial charge in [-0.2, -0.15) is 0 Å². The van der Waals surface area contributed by atoms with Crippen LogP contribution in [-0.4, -0.2) is 42.2 Å². The highest BCUT2D eigenvalue weighted by molar-refractivity contribution is 8.00. The maximum atomic E-state index is 12.4. The van der Waals surface area contributed by atoms with E-state index in [-0.39, 0.29) is 11.2 Å². The summed E-state index contributed by atoms with van der Waals surface area (Å²) >= 11 is 1.65. The van der Waals surface area contributed by atoms with Gasteiger partial charge < -0.3 is 10.2 Å². The summed E-state index contributed by atoms with van der Waals surface area (Å²) in [6, 6.07) is 14.7. The van der Waals surface area contributed by atoms with E-state index in [1.165, 1.54) is 10.8 Å². The van der Waals surface area contributed by atoms with Gasteiger partial charge in [0.1, 0.15) is 0 Å². The topological polar surface area (TPSA) is 32.3 Å². The average molecular weight is 300 g/mol. The van der Waals surface area contributed by atoms with E-state index in [9.17, 15) is 4.79 Å². The highest BCUT2D eigenvalue weighted by Gasteiger charge is 2.22. The Morgan fingerprint density at radius 3 is 2.62 bits per heavy atom. The first-order valence-corrected chi connectivity index (χ1v) is 8.27. The quantitative estimate of drug-likeness (QED) is 0.885. The zero-order chi connectivity index (χ0) is 14.7. The molecule has 0 bridgehead atoms. The summed E-state index contributed by atoms with van der Waals surface area (Å²) in [5, 5.41) is 5.70. The SMILES string of the molecule is CC(Sc1ccc2ccccc2c1)C(=O)N1CCNCC1. The molecule has 1 atom stereocenters. The Kier molecular flexibility index (Phi) is 4.46. The maximum absolute atomic E-state index is 12.4. The molecule has 1 saturated heterocycles. The Morgan fingerprint density at radius 1 is 1.14 bits per heavy atom. The summed E-state index contributed by atoms with van der Waals surface area (Å²) in [5.74, 6) is 0.245. The molecule has 1 amide bonds. The molecule has 1 fully saturated rings. The molecule has 0 aliphatic carbocycles. The predicted octanol–water partition coefficient (Wildman–Crippen LogP) is 2.75. The summed E-state index contributed by atoms with van der Waals surface area (Å²) in [5.41, 5.74) is 0. The molecule has 1 aliphatic heterocycles. The van der Waals surface area contributed by atoms with Crippen LogP contribution in [0.15, 0.2) is 47.4 Å². The van der Waals surface area contributed by atoms with E-state index in [2.05, 4.69) is 35.6 Å². The number of benzene rings is 2. The van der Waals surface area contributed by atoms with Gasteiger partial charge in [0, 0.05) is 31.1 Å². The number of hydrogen-bond acceptors (Lipinski definition) is 3. The van der Waals surface area contributed by atoms with E-state index in [1.807, 2.05) is 24.0 Å². The van der Waals surface area contributed by atoms with Crippen LogP contribution >= 0.6 is 11.8 Å². The highest BCUT2D eigenvalue weighted by Crippen LogP contribution is 2.27. The summed E-state index contributed by atoms with van der Waals surface area (Å²) in [6.07, 6.45) is 0. The number of rotatable bonds is 3. The Labute approximate surface area is 129 Å². The normalized spacial score (nSPS) is 16.9. The zero-order valence-electron chi connectivity index (χ0n) is 12.2. The van der Waals surface area contributed by atoms with Crippen LogP contribution in [0.2, 0.25) is 0 Å². The molecule has 0 saturated carbocycles. The van der Waals surface area contributed by atoms with Gasteiger partial charge in [0.15, 0.2) is 0 Å². The average Bonchev–Trinajstić information content (AvgIpc) is 2.55. The standard InChI is InChI=1S/C17H20N2OS/c1-13(17(20)19-10-8-18-9-11-19)21-16-7-6-14-4-2-3-5-15(14)12-16/h2-7,12-13,18H,8-11H2,1H3. The van der Waals surface area contributed by atoms with Crippen LogP contribution in [0.25, 0.3) is 10.8 Å². The van der Waals surface area contributed by atoms with Crippen molar-refractivity contribution in [2.75, 3.05) is 26.2 Å². The molecule has 0 radical (unpaired) electrons. The van der Waals surface area contributed by atoms with Crippen molar-refractivity contribution in [3.63, 3.8) is 0 Å². The molecule has 4 heteroatoms. The molecule has 1 heterocycles. The van der Waals surface area contributed by atoms with Crippen LogP contribution in [0.3, 0.4) is 0 Å². The number of nitrogens with one attached hydrogen (secondary N) is 1. The van der Waals surface area contributed by atoms with E-state index < -0.39 is 0 Å². The van der Waals surface area contributed by atoms with Gasteiger partial charge in [0.05, 0.1) is 5.25 Å². The number of fused-ring (bicyclic) bond motifs is 1. The van der Waals surface area contributed by atoms with Crippen molar-refractivity contribution >= 4 is 28.4 Å². The Bertz CT molecular complexity index is 637. The second-order valence-corrected chi connectivity index (χ2v) is 6.76. The molecule has 1 unspecified atom stereocenters. The number of carbonyl (C=O) groups excluding carboxylic acids is 1. The molecule has 3 rings (SSSR count). The van der Waals surface area contributed by atoms with Crippen molar-refractivity contribution in [1.29, 1.82) is 0 Å². The first kappa shape index (κ1) is 14.4. The lowest BCUT2D eigenvalue weighted by Crippen LogP contribution is -2.48. The van der Waals surface area contributed by atoms with E-state index in [0.29, 0.717) is 0 Å². The van der Waals surface area contributed by atoms with E-state index in [4.69, 9.17) is 0 Å². The Hall–Kier alpha value is -1.52. The molecule has 2 aromatic carbocycles. The van der Waals surface area contributed by atoms with Crippen LogP contribution in [0.4, 0.5) is 0 Å². The minimum absolute atomic E-state index is 0.0377. The smallest absolute Gasteiger partial charge is 0.235 e. The largest absolute Gasteiger partial charge is 0.339 e. The zero-order valence-corrected chi connectivity index (χ0v) is 13.0. The van der Waals surface area contributed by atoms with Gasteiger partial charge in [-0.15, -0.1) is 11.8 Å².